The van der Waals surface area contributed by atoms with Gasteiger partial charge in [0, 0.05) is 11.1 Å². The third-order valence-electron chi connectivity index (χ3n) is 4.16. The highest BCUT2D eigenvalue weighted by atomic mass is 19.3. The van der Waals surface area contributed by atoms with Crippen LogP contribution in [0.25, 0.3) is 0 Å². The van der Waals surface area contributed by atoms with Gasteiger partial charge in [0.1, 0.15) is 6.29 Å². The highest BCUT2D eigenvalue weighted by molar-refractivity contribution is 5.81. The number of unbranched alkanes of at least 4 members (excludes halogenated alkanes) is 2. The number of allylic oxidation sites excluding steroid dienone is 8. The average Bonchev–Trinajstić information content (AvgIpc) is 2.55. The Kier molecular flexibility index (Phi) is 8.80. The monoisotopic (exact) mass is 340 g/mol. The highest BCUT2D eigenvalue weighted by Crippen LogP contribution is 2.36. The lowest BCUT2D eigenvalue weighted by atomic mass is 9.88. The molecular weight excluding hydrogens is 313 g/mol. The van der Waals surface area contributed by atoms with Gasteiger partial charge in [0.05, 0.1) is 0 Å². The Morgan fingerprint density at radius 2 is 2.00 bits per heavy atom. The maximum atomic E-state index is 14.1. The summed E-state index contributed by atoms with van der Waals surface area (Å²) in [4.78, 5) is 11.3. The van der Waals surface area contributed by atoms with E-state index >= 15 is 0 Å². The number of halogens is 3. The van der Waals surface area contributed by atoms with Gasteiger partial charge in [-0.05, 0) is 37.7 Å². The van der Waals surface area contributed by atoms with Crippen molar-refractivity contribution in [1.82, 2.24) is 0 Å². The molecule has 0 saturated carbocycles. The molecule has 134 valence electrons. The molecule has 0 amide bonds. The predicted molar refractivity (Wildman–Crippen MR) is 93.0 cm³/mol. The first-order chi connectivity index (χ1) is 11.5. The minimum atomic E-state index is -3.54. The number of alkyl halides is 3. The Morgan fingerprint density at radius 3 is 2.58 bits per heavy atom. The van der Waals surface area contributed by atoms with Crippen molar-refractivity contribution in [2.24, 2.45) is 0 Å². The molecular formula is C20H27F3O. The van der Waals surface area contributed by atoms with Crippen molar-refractivity contribution in [3.63, 3.8) is 0 Å². The fraction of sp³-hybridized carbons (Fsp3) is 0.550. The second kappa shape index (κ2) is 10.3. The van der Waals surface area contributed by atoms with Gasteiger partial charge in [-0.15, -0.1) is 0 Å². The van der Waals surface area contributed by atoms with E-state index in [1.807, 2.05) is 13.0 Å². The van der Waals surface area contributed by atoms with E-state index in [4.69, 9.17) is 0 Å². The first kappa shape index (κ1) is 20.5. The van der Waals surface area contributed by atoms with Gasteiger partial charge in [-0.25, -0.2) is 4.39 Å². The smallest absolute Gasteiger partial charge is 0.298 e. The molecule has 1 rings (SSSR count). The predicted octanol–water partition coefficient (Wildman–Crippen LogP) is 6.28. The van der Waals surface area contributed by atoms with Gasteiger partial charge >= 0.3 is 0 Å². The maximum absolute atomic E-state index is 14.1. The molecule has 0 fully saturated rings. The van der Waals surface area contributed by atoms with Crippen LogP contribution in [0.2, 0.25) is 0 Å². The number of carbonyl (C=O) groups is 1. The summed E-state index contributed by atoms with van der Waals surface area (Å²) < 4.78 is 41.2. The lowest BCUT2D eigenvalue weighted by Crippen LogP contribution is -2.24. The number of hydrogen-bond acceptors (Lipinski definition) is 1. The van der Waals surface area contributed by atoms with E-state index < -0.39 is 12.6 Å². The van der Waals surface area contributed by atoms with E-state index in [-0.39, 0.29) is 29.6 Å². The molecule has 0 bridgehead atoms. The van der Waals surface area contributed by atoms with Crippen LogP contribution in [0.1, 0.15) is 58.8 Å². The quantitative estimate of drug-likeness (QED) is 0.274. The zero-order chi connectivity index (χ0) is 18.0. The van der Waals surface area contributed by atoms with E-state index in [0.29, 0.717) is 12.7 Å². The van der Waals surface area contributed by atoms with Gasteiger partial charge in [-0.3, -0.25) is 4.79 Å². The molecule has 0 aromatic heterocycles. The molecule has 0 aliphatic heterocycles. The van der Waals surface area contributed by atoms with E-state index in [1.54, 1.807) is 18.2 Å². The topological polar surface area (TPSA) is 17.1 Å². The van der Waals surface area contributed by atoms with Crippen LogP contribution in [-0.2, 0) is 4.79 Å². The summed E-state index contributed by atoms with van der Waals surface area (Å²) in [5.74, 6) is -3.54. The first-order valence-electron chi connectivity index (χ1n) is 8.67. The van der Waals surface area contributed by atoms with Gasteiger partial charge in [0.15, 0.2) is 6.67 Å². The fourth-order valence-electron chi connectivity index (χ4n) is 2.85. The van der Waals surface area contributed by atoms with Gasteiger partial charge in [-0.2, -0.15) is 8.78 Å². The SMILES string of the molecule is CCC=C(C=O)/C1=C(\C(F)(F)CF)C/C=C(CCCCC)\C=C/C1. The van der Waals surface area contributed by atoms with Crippen LogP contribution in [0.5, 0.6) is 0 Å². The normalized spacial score (nSPS) is 23.2. The summed E-state index contributed by atoms with van der Waals surface area (Å²) in [6.07, 6.45) is 12.5. The highest BCUT2D eigenvalue weighted by Gasteiger charge is 2.36. The second-order valence-corrected chi connectivity index (χ2v) is 6.03. The Balaban J connectivity index is 3.22. The van der Waals surface area contributed by atoms with Crippen molar-refractivity contribution in [2.75, 3.05) is 6.67 Å². The Labute approximate surface area is 143 Å². The molecule has 0 unspecified atom stereocenters. The summed E-state index contributed by atoms with van der Waals surface area (Å²) in [5.41, 5.74) is 1.23. The van der Waals surface area contributed by atoms with Crippen LogP contribution in [0.3, 0.4) is 0 Å². The van der Waals surface area contributed by atoms with Crippen LogP contribution >= 0.6 is 0 Å². The maximum Gasteiger partial charge on any atom is 0.298 e. The largest absolute Gasteiger partial charge is 0.298 e. The number of rotatable bonds is 9. The van der Waals surface area contributed by atoms with Crippen LogP contribution in [0.15, 0.2) is 46.6 Å². The molecule has 4 heteroatoms. The number of carbonyl (C=O) groups excluding carboxylic acids is 1. The van der Waals surface area contributed by atoms with Crippen molar-refractivity contribution in [1.29, 1.82) is 0 Å². The summed E-state index contributed by atoms with van der Waals surface area (Å²) in [7, 11) is 0. The van der Waals surface area contributed by atoms with Crippen LogP contribution in [0.4, 0.5) is 13.2 Å². The molecule has 1 aliphatic rings. The molecule has 0 saturated heterocycles. The summed E-state index contributed by atoms with van der Waals surface area (Å²) >= 11 is 0. The molecule has 0 spiro atoms. The third-order valence-corrected chi connectivity index (χ3v) is 4.16. The molecule has 0 N–H and O–H groups in total. The van der Waals surface area contributed by atoms with Crippen LogP contribution in [-0.4, -0.2) is 18.9 Å². The van der Waals surface area contributed by atoms with Crippen molar-refractivity contribution in [3.8, 4) is 0 Å². The fourth-order valence-corrected chi connectivity index (χ4v) is 2.85. The van der Waals surface area contributed by atoms with Crippen LogP contribution < -0.4 is 0 Å². The molecule has 24 heavy (non-hydrogen) atoms. The van der Waals surface area contributed by atoms with Gasteiger partial charge in [0.25, 0.3) is 5.92 Å². The van der Waals surface area contributed by atoms with Crippen molar-refractivity contribution >= 4 is 6.29 Å². The van der Waals surface area contributed by atoms with Crippen molar-refractivity contribution in [3.05, 3.63) is 46.6 Å². The first-order valence-corrected chi connectivity index (χ1v) is 8.67. The van der Waals surface area contributed by atoms with E-state index in [2.05, 4.69) is 6.92 Å². The Hall–Kier alpha value is -1.58. The molecule has 0 aromatic rings. The summed E-state index contributed by atoms with van der Waals surface area (Å²) in [6, 6.07) is 0. The van der Waals surface area contributed by atoms with E-state index in [0.717, 1.165) is 31.3 Å². The van der Waals surface area contributed by atoms with E-state index in [9.17, 15) is 18.0 Å². The molecule has 0 atom stereocenters. The number of aldehydes is 1. The second-order valence-electron chi connectivity index (χ2n) is 6.03. The van der Waals surface area contributed by atoms with E-state index in [1.165, 1.54) is 0 Å². The van der Waals surface area contributed by atoms with Crippen molar-refractivity contribution < 1.29 is 18.0 Å². The zero-order valence-electron chi connectivity index (χ0n) is 14.6. The standard InChI is InChI=1S/C20H27F3O/c1-3-5-6-9-16-10-7-11-18(17(14-24)8-4-2)19(13-12-16)20(22,23)15-21/h7-8,10,12,14H,3-6,9,11,13,15H2,1-2H3/b10-7-,16-12-,17-8?,19-18-. The molecule has 0 radical (unpaired) electrons. The molecule has 0 heterocycles. The minimum absolute atomic E-state index is 0.0209. The summed E-state index contributed by atoms with van der Waals surface area (Å²) in [5, 5.41) is 0. The molecule has 1 aliphatic carbocycles. The lowest BCUT2D eigenvalue weighted by molar-refractivity contribution is -0.104. The van der Waals surface area contributed by atoms with Gasteiger partial charge < -0.3 is 0 Å². The number of hydrogen-bond donors (Lipinski definition) is 0. The summed E-state index contributed by atoms with van der Waals surface area (Å²) in [6.45, 7) is 2.20. The Bertz CT molecular complexity index is 539. The van der Waals surface area contributed by atoms with Gasteiger partial charge in [-0.1, -0.05) is 56.6 Å². The third kappa shape index (κ3) is 5.81. The lowest BCUT2D eigenvalue weighted by Gasteiger charge is -2.22. The molecule has 0 aromatic carbocycles. The van der Waals surface area contributed by atoms with Gasteiger partial charge in [0.2, 0.25) is 0 Å². The average molecular weight is 340 g/mol. The molecule has 1 nitrogen and oxygen atoms in total. The minimum Gasteiger partial charge on any atom is -0.298 e. The van der Waals surface area contributed by atoms with Crippen LogP contribution in [0, 0.1) is 0 Å². The zero-order valence-corrected chi connectivity index (χ0v) is 14.6. The van der Waals surface area contributed by atoms with Crippen molar-refractivity contribution in [2.45, 2.75) is 64.7 Å². The Morgan fingerprint density at radius 1 is 1.25 bits per heavy atom.